The van der Waals surface area contributed by atoms with Crippen molar-refractivity contribution < 1.29 is 73.5 Å². The fourth-order valence-corrected chi connectivity index (χ4v) is 17.6. The number of H-pyrrole nitrogens is 1. The number of carbonyl (C=O) groups excluding carboxylic acids is 3. The van der Waals surface area contributed by atoms with Gasteiger partial charge < -0.3 is 82.0 Å². The fraction of sp³-hybridized carbons (Fsp3) is 0.356. The number of carbonyl (C=O) groups is 3. The predicted octanol–water partition coefficient (Wildman–Crippen LogP) is 10.8. The monoisotopic (exact) mass is 1570 g/mol. The van der Waals surface area contributed by atoms with Gasteiger partial charge >= 0.3 is 6.18 Å². The molecule has 3 heterocycles. The van der Waals surface area contributed by atoms with Gasteiger partial charge in [-0.3, -0.25) is 28.8 Å². The summed E-state index contributed by atoms with van der Waals surface area (Å²) < 4.78 is 40.1. The van der Waals surface area contributed by atoms with E-state index in [2.05, 4.69) is 55.1 Å². The maximum Gasteiger partial charge on any atom is 0.417 e. The third-order valence-electron chi connectivity index (χ3n) is 22.5. The Morgan fingerprint density at radius 1 is 0.504 bits per heavy atom. The number of halogens is 4. The molecule has 1 fully saturated rings. The van der Waals surface area contributed by atoms with E-state index in [0.717, 1.165) is 94.5 Å². The number of fused-ring (bicyclic) bond motifs is 12. The van der Waals surface area contributed by atoms with Gasteiger partial charge in [0.25, 0.3) is 0 Å². The minimum atomic E-state index is -4.69. The van der Waals surface area contributed by atoms with Gasteiger partial charge in [0.2, 0.25) is 34.0 Å². The van der Waals surface area contributed by atoms with Crippen molar-refractivity contribution in [1.82, 2.24) is 20.9 Å². The second kappa shape index (κ2) is 35.5. The average Bonchev–Trinajstić information content (AvgIpc) is 1.70. The number of anilines is 4. The van der Waals surface area contributed by atoms with Crippen LogP contribution >= 0.6 is 11.6 Å². The third kappa shape index (κ3) is 16.9. The van der Waals surface area contributed by atoms with Gasteiger partial charge in [-0.05, 0) is 247 Å². The number of aryl methyl sites for hydroxylation is 3. The van der Waals surface area contributed by atoms with Crippen LogP contribution < -0.4 is 47.4 Å². The fourth-order valence-electron chi connectivity index (χ4n) is 17.4. The highest BCUT2D eigenvalue weighted by Gasteiger charge is 2.36. The first-order valence-corrected chi connectivity index (χ1v) is 38.3. The molecule has 3 unspecified atom stereocenters. The number of nitrogens with one attached hydrogen (secondary N) is 5. The van der Waals surface area contributed by atoms with Gasteiger partial charge in [0.15, 0.2) is 0 Å². The molecule has 0 bridgehead atoms. The Morgan fingerprint density at radius 3 is 1.39 bits per heavy atom. The van der Waals surface area contributed by atoms with Crippen molar-refractivity contribution in [3.63, 3.8) is 0 Å². The van der Waals surface area contributed by atoms with E-state index in [1.807, 2.05) is 48.5 Å². The summed E-state index contributed by atoms with van der Waals surface area (Å²) in [6.45, 7) is 5.45. The van der Waals surface area contributed by atoms with E-state index in [4.69, 9.17) is 11.6 Å². The predicted molar refractivity (Wildman–Crippen MR) is 426 cm³/mol. The van der Waals surface area contributed by atoms with Crippen molar-refractivity contribution in [1.29, 1.82) is 0 Å². The summed E-state index contributed by atoms with van der Waals surface area (Å²) in [6.07, 6.45) is 2.32. The highest BCUT2D eigenvalue weighted by Crippen LogP contribution is 2.46. The van der Waals surface area contributed by atoms with Crippen LogP contribution in [0, 0.1) is 0 Å². The molecule has 3 aliphatic carbocycles. The first-order valence-electron chi connectivity index (χ1n) is 37.9. The van der Waals surface area contributed by atoms with E-state index in [-0.39, 0.29) is 92.2 Å². The average molecular weight is 1570 g/mol. The molecule has 5 aliphatic rings. The number of benzene rings is 5. The number of alkyl halides is 3. The quantitative estimate of drug-likeness (QED) is 0.0403. The molecule has 26 heteroatoms. The molecule has 0 radical (unpaired) electrons. The molecule has 14 N–H and O–H groups in total. The maximum atomic E-state index is 13.8. The third-order valence-corrected chi connectivity index (χ3v) is 22.9. The molecular formula is C87H93ClF3N7O15. The molecule has 1 aromatic heterocycles. The van der Waals surface area contributed by atoms with Crippen molar-refractivity contribution in [3.05, 3.63) is 251 Å². The molecule has 3 amide bonds. The lowest BCUT2D eigenvalue weighted by Crippen LogP contribution is -2.33. The Bertz CT molecular complexity index is 5370. The van der Waals surface area contributed by atoms with Crippen LogP contribution in [0.1, 0.15) is 185 Å². The highest BCUT2D eigenvalue weighted by atomic mass is 35.5. The normalized spacial score (nSPS) is 16.6. The van der Waals surface area contributed by atoms with Gasteiger partial charge in [0, 0.05) is 62.2 Å². The van der Waals surface area contributed by atoms with Crippen molar-refractivity contribution >= 4 is 63.0 Å². The van der Waals surface area contributed by atoms with Crippen LogP contribution in [-0.4, -0.2) is 87.8 Å². The van der Waals surface area contributed by atoms with E-state index >= 15 is 0 Å². The zero-order valence-corrected chi connectivity index (χ0v) is 64.0. The number of rotatable bonds is 17. The van der Waals surface area contributed by atoms with Gasteiger partial charge in [0.1, 0.15) is 0 Å². The van der Waals surface area contributed by atoms with E-state index in [1.54, 1.807) is 24.3 Å². The van der Waals surface area contributed by atoms with Crippen molar-refractivity contribution in [2.24, 2.45) is 0 Å². The summed E-state index contributed by atoms with van der Waals surface area (Å²) >= 11 is 5.72. The van der Waals surface area contributed by atoms with E-state index < -0.39 is 47.5 Å². The summed E-state index contributed by atoms with van der Waals surface area (Å²) in [5.41, 5.74) is 15.8. The standard InChI is InChI=1S/C32H33N3O5.C28H26ClF3N2O5.C27H34N2O5/c1-18(39)33-28-8-6-19-12-20(15-36)25(16-37)26(17-38)32(19)23-7-9-30(31(40)13-24(23)28)35-11-10-22-21-4-2-3-5-27(21)34-29(22)14-35;1-14(38)33-24-6-2-15-8-16(11-35)20(12-36)21(13-37)27(15)18-4-7-25(26(39)10-19(18)24)34-17-3-5-23(29)22(9-17)28(30,31)32;1-3-19-5-4-10-29(19)25-9-7-20-21(12-26(25)34)24(28-16(2)33)8-6-17-11-18(13-30)22(14-31)23(15-32)27(17)20/h2-5,7,9,12-13,28,34,36-38H,6,8,10-11,14-17H2,1H3,(H,33,39);3-5,7-10,24,35-37H,2,6,11-13H2,1H3,(H,33,38)(H,34,39);7,9,11-12,19,24,30-32H,3-6,8,10,13-15H2,1-2H3,(H,28,33)/t;;19-,24?/m..0/s1. The van der Waals surface area contributed by atoms with Gasteiger partial charge in [-0.15, -0.1) is 0 Å². The largest absolute Gasteiger partial charge is 0.417 e. The Hall–Kier alpha value is -10.2. The smallest absolute Gasteiger partial charge is 0.392 e. The zero-order chi connectivity index (χ0) is 80.9. The first-order chi connectivity index (χ1) is 54.3. The van der Waals surface area contributed by atoms with Crippen molar-refractivity contribution in [2.45, 2.75) is 188 Å². The topological polar surface area (TPSA) is 355 Å². The van der Waals surface area contributed by atoms with Gasteiger partial charge in [0.05, 0.1) is 112 Å². The Balaban J connectivity index is 0.000000158. The molecule has 1 saturated heterocycles. The number of aromatic amines is 1. The minimum absolute atomic E-state index is 0.00441. The van der Waals surface area contributed by atoms with E-state index in [9.17, 15) is 87.9 Å². The van der Waals surface area contributed by atoms with Gasteiger partial charge in [-0.2, -0.15) is 13.2 Å². The van der Waals surface area contributed by atoms with E-state index in [0.29, 0.717) is 147 Å². The molecule has 113 heavy (non-hydrogen) atoms. The van der Waals surface area contributed by atoms with Crippen LogP contribution in [-0.2, 0) is 112 Å². The minimum Gasteiger partial charge on any atom is -0.392 e. The molecule has 8 aromatic carbocycles. The maximum absolute atomic E-state index is 13.8. The number of aromatic nitrogens is 1. The Morgan fingerprint density at radius 2 is 0.947 bits per heavy atom. The lowest BCUT2D eigenvalue weighted by Gasteiger charge is -2.28. The highest BCUT2D eigenvalue weighted by molar-refractivity contribution is 6.31. The number of para-hydroxylation sites is 1. The van der Waals surface area contributed by atoms with Crippen LogP contribution in [0.15, 0.2) is 130 Å². The zero-order valence-electron chi connectivity index (χ0n) is 63.2. The number of aliphatic hydroxyl groups is 9. The molecule has 4 atom stereocenters. The molecule has 14 rings (SSSR count). The summed E-state index contributed by atoms with van der Waals surface area (Å²) in [5, 5.41) is 103. The summed E-state index contributed by atoms with van der Waals surface area (Å²) in [6, 6.07) is 31.0. The summed E-state index contributed by atoms with van der Waals surface area (Å²) in [4.78, 5) is 84.7. The van der Waals surface area contributed by atoms with Crippen LogP contribution in [0.3, 0.4) is 0 Å². The van der Waals surface area contributed by atoms with Gasteiger partial charge in [-0.25, -0.2) is 0 Å². The van der Waals surface area contributed by atoms with Crippen molar-refractivity contribution in [3.8, 4) is 33.4 Å². The second-order valence-electron chi connectivity index (χ2n) is 29.2. The molecule has 9 aromatic rings. The number of hydrogen-bond donors (Lipinski definition) is 14. The molecule has 594 valence electrons. The molecule has 0 saturated carbocycles. The van der Waals surface area contributed by atoms with Crippen LogP contribution in [0.25, 0.3) is 44.3 Å². The molecular weight excluding hydrogens is 1480 g/mol. The van der Waals surface area contributed by atoms with Crippen LogP contribution in [0.4, 0.5) is 35.9 Å². The van der Waals surface area contributed by atoms with Crippen molar-refractivity contribution in [2.75, 3.05) is 28.2 Å². The summed E-state index contributed by atoms with van der Waals surface area (Å²) in [7, 11) is 0. The number of hydrogen-bond acceptors (Lipinski definition) is 18. The van der Waals surface area contributed by atoms with Crippen LogP contribution in [0.2, 0.25) is 5.02 Å². The summed E-state index contributed by atoms with van der Waals surface area (Å²) in [5.74, 6) is -0.705. The SMILES string of the molecule is CC(=O)NC1CCc2cc(CO)c(CO)c(CO)c2-c2ccc(N3CCc4c([nH]c5ccccc45)C3)c(=O)cc21.CC(=O)NC1CCc2cc(CO)c(CO)c(CO)c2-c2ccc(Nc3ccc(Cl)c(C(F)(F)F)c3)c(=O)cc21.CC[C@H]1CCCN1c1ccc2c(cc1=O)C(NC(C)=O)CCc1cc(CO)c(CO)c(CO)c1-2. The number of nitrogens with zero attached hydrogens (tertiary/aromatic N) is 2. The number of amides is 3. The second-order valence-corrected chi connectivity index (χ2v) is 29.6. The lowest BCUT2D eigenvalue weighted by atomic mass is 9.87. The first kappa shape index (κ1) is 82.3. The number of aliphatic hydroxyl groups excluding tert-OH is 9. The Labute approximate surface area is 655 Å². The molecule has 2 aliphatic heterocycles. The molecule has 22 nitrogen and oxygen atoms in total. The Kier molecular flexibility index (Phi) is 25.8. The van der Waals surface area contributed by atoms with Gasteiger partial charge in [-0.1, -0.05) is 73.1 Å². The van der Waals surface area contributed by atoms with E-state index in [1.165, 1.54) is 49.9 Å². The lowest BCUT2D eigenvalue weighted by molar-refractivity contribution is -0.137. The van der Waals surface area contributed by atoms with Crippen LogP contribution in [0.5, 0.6) is 0 Å². The molecule has 0 spiro atoms.